The van der Waals surface area contributed by atoms with Gasteiger partial charge >= 0.3 is 0 Å². The van der Waals surface area contributed by atoms with E-state index in [0.29, 0.717) is 24.8 Å². The molecule has 0 aromatic heterocycles. The molecule has 0 heterocycles. The molecule has 1 fully saturated rings. The quantitative estimate of drug-likeness (QED) is 0.855. The minimum atomic E-state index is -0.734. The van der Waals surface area contributed by atoms with Gasteiger partial charge in [-0.1, -0.05) is 0 Å². The van der Waals surface area contributed by atoms with E-state index in [1.54, 1.807) is 0 Å². The van der Waals surface area contributed by atoms with Gasteiger partial charge in [0, 0.05) is 19.1 Å². The molecule has 1 N–H and O–H groups in total. The third-order valence-corrected chi connectivity index (χ3v) is 2.85. The van der Waals surface area contributed by atoms with Crippen LogP contribution in [0.5, 0.6) is 0 Å². The number of rotatable bonds is 4. The molecule has 0 radical (unpaired) electrons. The molecular weight excluding hydrogens is 214 g/mol. The average Bonchev–Trinajstić information content (AvgIpc) is 2.90. The number of halogens is 2. The fraction of sp³-hybridized carbons (Fsp3) is 0.500. The lowest BCUT2D eigenvalue weighted by Gasteiger charge is -2.10. The number of hydrogen-bond donors (Lipinski definition) is 1. The molecule has 1 aromatic rings. The van der Waals surface area contributed by atoms with E-state index in [1.807, 2.05) is 0 Å². The third-order valence-electron chi connectivity index (χ3n) is 2.85. The zero-order valence-electron chi connectivity index (χ0n) is 9.09. The maximum Gasteiger partial charge on any atom is 0.131 e. The van der Waals surface area contributed by atoms with Gasteiger partial charge in [-0.25, -0.2) is 8.78 Å². The molecule has 1 aliphatic carbocycles. The number of methoxy groups -OCH3 is 1. The first kappa shape index (κ1) is 11.5. The number of ether oxygens (including phenoxy) is 1. The Labute approximate surface area is 92.9 Å². The summed E-state index contributed by atoms with van der Waals surface area (Å²) >= 11 is 0. The molecular formula is C12H14F2O2. The summed E-state index contributed by atoms with van der Waals surface area (Å²) < 4.78 is 31.7. The predicted octanol–water partition coefficient (Wildman–Crippen LogP) is 2.18. The van der Waals surface area contributed by atoms with Crippen LogP contribution < -0.4 is 0 Å². The fourth-order valence-electron chi connectivity index (χ4n) is 1.74. The Kier molecular flexibility index (Phi) is 2.95. The van der Waals surface area contributed by atoms with Gasteiger partial charge in [-0.3, -0.25) is 0 Å². The Balaban J connectivity index is 2.22. The van der Waals surface area contributed by atoms with Gasteiger partial charge in [-0.15, -0.1) is 0 Å². The van der Waals surface area contributed by atoms with Crippen molar-refractivity contribution < 1.29 is 18.6 Å². The van der Waals surface area contributed by atoms with E-state index in [4.69, 9.17) is 4.74 Å². The van der Waals surface area contributed by atoms with Crippen LogP contribution in [0.2, 0.25) is 0 Å². The van der Waals surface area contributed by atoms with E-state index >= 15 is 0 Å². The van der Waals surface area contributed by atoms with Crippen molar-refractivity contribution in [3.63, 3.8) is 0 Å². The van der Waals surface area contributed by atoms with E-state index in [-0.39, 0.29) is 12.2 Å². The summed E-state index contributed by atoms with van der Waals surface area (Å²) in [6, 6.07) is 2.54. The Bertz CT molecular complexity index is 377. The Morgan fingerprint density at radius 1 is 1.31 bits per heavy atom. The molecule has 16 heavy (non-hydrogen) atoms. The van der Waals surface area contributed by atoms with Crippen LogP contribution in [0, 0.1) is 11.6 Å². The van der Waals surface area contributed by atoms with Crippen LogP contribution in [-0.4, -0.2) is 17.8 Å². The van der Waals surface area contributed by atoms with E-state index in [9.17, 15) is 13.9 Å². The first-order chi connectivity index (χ1) is 7.54. The standard InChI is InChI=1S/C12H14F2O2/c1-16-7-9-10(13)4-8(5-11(9)14)6-12(15)2-3-12/h4-5,15H,2-3,6-7H2,1H3. The lowest BCUT2D eigenvalue weighted by atomic mass is 10.0. The summed E-state index contributed by atoms with van der Waals surface area (Å²) in [6.45, 7) is -0.0811. The largest absolute Gasteiger partial charge is 0.390 e. The minimum Gasteiger partial charge on any atom is -0.390 e. The normalized spacial score (nSPS) is 17.5. The molecule has 1 aliphatic rings. The van der Waals surface area contributed by atoms with Gasteiger partial charge in [-0.2, -0.15) is 0 Å². The van der Waals surface area contributed by atoms with Crippen molar-refractivity contribution in [3.8, 4) is 0 Å². The number of aliphatic hydroxyl groups is 1. The van der Waals surface area contributed by atoms with Gasteiger partial charge in [0.05, 0.1) is 12.2 Å². The van der Waals surface area contributed by atoms with Crippen LogP contribution in [0.4, 0.5) is 8.78 Å². The van der Waals surface area contributed by atoms with E-state index in [1.165, 1.54) is 19.2 Å². The Hall–Kier alpha value is -1.00. The molecule has 1 saturated carbocycles. The lowest BCUT2D eigenvalue weighted by Crippen LogP contribution is -2.12. The van der Waals surface area contributed by atoms with Gasteiger partial charge in [0.1, 0.15) is 11.6 Å². The van der Waals surface area contributed by atoms with E-state index in [0.717, 1.165) is 0 Å². The van der Waals surface area contributed by atoms with Crippen molar-refractivity contribution in [2.45, 2.75) is 31.5 Å². The second-order valence-electron chi connectivity index (χ2n) is 4.37. The molecule has 2 rings (SSSR count). The second-order valence-corrected chi connectivity index (χ2v) is 4.37. The lowest BCUT2D eigenvalue weighted by molar-refractivity contribution is 0.150. The smallest absolute Gasteiger partial charge is 0.131 e. The van der Waals surface area contributed by atoms with Crippen LogP contribution in [0.15, 0.2) is 12.1 Å². The fourth-order valence-corrected chi connectivity index (χ4v) is 1.74. The maximum absolute atomic E-state index is 13.5. The van der Waals surface area contributed by atoms with Crippen LogP contribution in [-0.2, 0) is 17.8 Å². The van der Waals surface area contributed by atoms with Crippen LogP contribution in [0.25, 0.3) is 0 Å². The topological polar surface area (TPSA) is 29.5 Å². The highest BCUT2D eigenvalue weighted by atomic mass is 19.1. The molecule has 0 unspecified atom stereocenters. The Morgan fingerprint density at radius 2 is 1.88 bits per heavy atom. The van der Waals surface area contributed by atoms with Crippen molar-refractivity contribution in [1.82, 2.24) is 0 Å². The van der Waals surface area contributed by atoms with Gasteiger partial charge in [0.15, 0.2) is 0 Å². The zero-order valence-corrected chi connectivity index (χ0v) is 9.09. The van der Waals surface area contributed by atoms with Gasteiger partial charge in [-0.05, 0) is 30.5 Å². The monoisotopic (exact) mass is 228 g/mol. The highest BCUT2D eigenvalue weighted by Crippen LogP contribution is 2.38. The molecule has 0 aliphatic heterocycles. The van der Waals surface area contributed by atoms with Gasteiger partial charge < -0.3 is 9.84 Å². The third kappa shape index (κ3) is 2.39. The van der Waals surface area contributed by atoms with Crippen LogP contribution in [0.3, 0.4) is 0 Å². The molecule has 88 valence electrons. The zero-order chi connectivity index (χ0) is 11.8. The Morgan fingerprint density at radius 3 is 2.31 bits per heavy atom. The minimum absolute atomic E-state index is 0.0611. The van der Waals surface area contributed by atoms with Crippen molar-refractivity contribution in [3.05, 3.63) is 34.9 Å². The number of hydrogen-bond acceptors (Lipinski definition) is 2. The predicted molar refractivity (Wildman–Crippen MR) is 55.0 cm³/mol. The summed E-state index contributed by atoms with van der Waals surface area (Å²) in [4.78, 5) is 0. The highest BCUT2D eigenvalue weighted by molar-refractivity contribution is 5.28. The summed E-state index contributed by atoms with van der Waals surface area (Å²) in [5.41, 5.74) is -0.300. The van der Waals surface area contributed by atoms with Crippen LogP contribution in [0.1, 0.15) is 24.0 Å². The molecule has 2 nitrogen and oxygen atoms in total. The van der Waals surface area contributed by atoms with E-state index < -0.39 is 17.2 Å². The first-order valence-electron chi connectivity index (χ1n) is 5.22. The van der Waals surface area contributed by atoms with Crippen molar-refractivity contribution in [2.75, 3.05) is 7.11 Å². The summed E-state index contributed by atoms with van der Waals surface area (Å²) in [7, 11) is 1.39. The van der Waals surface area contributed by atoms with Crippen LogP contribution >= 0.6 is 0 Å². The van der Waals surface area contributed by atoms with Gasteiger partial charge in [0.2, 0.25) is 0 Å². The van der Waals surface area contributed by atoms with Crippen molar-refractivity contribution >= 4 is 0 Å². The highest BCUT2D eigenvalue weighted by Gasteiger charge is 2.40. The molecule has 0 atom stereocenters. The number of benzene rings is 1. The summed E-state index contributed by atoms with van der Waals surface area (Å²) in [5, 5.41) is 9.67. The maximum atomic E-state index is 13.5. The SMILES string of the molecule is COCc1c(F)cc(CC2(O)CC2)cc1F. The molecule has 0 bridgehead atoms. The first-order valence-corrected chi connectivity index (χ1v) is 5.22. The molecule has 4 heteroatoms. The van der Waals surface area contributed by atoms with Crippen molar-refractivity contribution in [1.29, 1.82) is 0 Å². The molecule has 1 aromatic carbocycles. The second kappa shape index (κ2) is 4.11. The molecule has 0 spiro atoms. The van der Waals surface area contributed by atoms with Gasteiger partial charge in [0.25, 0.3) is 0 Å². The average molecular weight is 228 g/mol. The van der Waals surface area contributed by atoms with E-state index in [2.05, 4.69) is 0 Å². The molecule has 0 saturated heterocycles. The molecule has 0 amide bonds. The summed E-state index contributed by atoms with van der Waals surface area (Å²) in [5.74, 6) is -1.22. The van der Waals surface area contributed by atoms with Crippen molar-refractivity contribution in [2.24, 2.45) is 0 Å². The summed E-state index contributed by atoms with van der Waals surface area (Å²) in [6.07, 6.45) is 1.72.